The third-order valence-electron chi connectivity index (χ3n) is 3.64. The first-order valence-corrected chi connectivity index (χ1v) is 7.51. The van der Waals surface area contributed by atoms with Crippen LogP contribution in [0.2, 0.25) is 0 Å². The van der Waals surface area contributed by atoms with E-state index in [1.54, 1.807) is 0 Å². The van der Waals surface area contributed by atoms with E-state index in [0.29, 0.717) is 6.54 Å². The molecule has 112 valence electrons. The molecule has 0 heterocycles. The van der Waals surface area contributed by atoms with Crippen LogP contribution in [0.4, 0.5) is 10.1 Å². The molecule has 0 bridgehead atoms. The summed E-state index contributed by atoms with van der Waals surface area (Å²) in [6.45, 7) is 8.15. The van der Waals surface area contributed by atoms with Crippen LogP contribution in [0.3, 0.4) is 0 Å². The lowest BCUT2D eigenvalue weighted by atomic mass is 10.1. The Bertz CT molecular complexity index is 547. The van der Waals surface area contributed by atoms with Crippen molar-refractivity contribution in [2.75, 3.05) is 18.4 Å². The molecule has 0 aliphatic rings. The SMILES string of the molecule is CCN(CC)Cc1cccc(NCc2ccc(F)cc2)c1. The van der Waals surface area contributed by atoms with Crippen molar-refractivity contribution in [3.05, 3.63) is 65.5 Å². The summed E-state index contributed by atoms with van der Waals surface area (Å²) in [5.74, 6) is -0.194. The Morgan fingerprint density at radius 3 is 2.33 bits per heavy atom. The summed E-state index contributed by atoms with van der Waals surface area (Å²) in [4.78, 5) is 2.39. The zero-order chi connectivity index (χ0) is 15.1. The lowest BCUT2D eigenvalue weighted by Gasteiger charge is -2.18. The smallest absolute Gasteiger partial charge is 0.123 e. The fourth-order valence-corrected chi connectivity index (χ4v) is 2.29. The van der Waals surface area contributed by atoms with Crippen molar-refractivity contribution in [3.63, 3.8) is 0 Å². The van der Waals surface area contributed by atoms with Crippen LogP contribution in [0.25, 0.3) is 0 Å². The fraction of sp³-hybridized carbons (Fsp3) is 0.333. The highest BCUT2D eigenvalue weighted by Crippen LogP contribution is 2.14. The third kappa shape index (κ3) is 4.87. The number of hydrogen-bond donors (Lipinski definition) is 1. The molecular weight excluding hydrogens is 263 g/mol. The molecule has 0 aliphatic carbocycles. The number of anilines is 1. The molecule has 3 heteroatoms. The van der Waals surface area contributed by atoms with Crippen LogP contribution in [0.15, 0.2) is 48.5 Å². The van der Waals surface area contributed by atoms with Gasteiger partial charge < -0.3 is 5.32 Å². The Kier molecular flexibility index (Phi) is 5.76. The lowest BCUT2D eigenvalue weighted by Crippen LogP contribution is -2.22. The predicted octanol–water partition coefficient (Wildman–Crippen LogP) is 4.28. The highest BCUT2D eigenvalue weighted by molar-refractivity contribution is 5.46. The third-order valence-corrected chi connectivity index (χ3v) is 3.64. The molecule has 21 heavy (non-hydrogen) atoms. The number of nitrogens with zero attached hydrogens (tertiary/aromatic N) is 1. The zero-order valence-electron chi connectivity index (χ0n) is 12.8. The first-order valence-electron chi connectivity index (χ1n) is 7.51. The molecular formula is C18H23FN2. The Hall–Kier alpha value is -1.87. The number of halogens is 1. The van der Waals surface area contributed by atoms with Crippen molar-refractivity contribution in [2.24, 2.45) is 0 Å². The van der Waals surface area contributed by atoms with Crippen molar-refractivity contribution < 1.29 is 4.39 Å². The second-order valence-corrected chi connectivity index (χ2v) is 5.14. The van der Waals surface area contributed by atoms with E-state index in [2.05, 4.69) is 48.3 Å². The van der Waals surface area contributed by atoms with E-state index in [1.807, 2.05) is 12.1 Å². The highest BCUT2D eigenvalue weighted by atomic mass is 19.1. The summed E-state index contributed by atoms with van der Waals surface area (Å²) in [6.07, 6.45) is 0. The van der Waals surface area contributed by atoms with Gasteiger partial charge in [0.1, 0.15) is 5.82 Å². The van der Waals surface area contributed by atoms with Gasteiger partial charge in [-0.25, -0.2) is 4.39 Å². The summed E-state index contributed by atoms with van der Waals surface area (Å²) < 4.78 is 12.9. The van der Waals surface area contributed by atoms with Crippen molar-refractivity contribution in [3.8, 4) is 0 Å². The zero-order valence-corrected chi connectivity index (χ0v) is 12.8. The number of rotatable bonds is 7. The molecule has 0 amide bonds. The summed E-state index contributed by atoms with van der Waals surface area (Å²) in [5, 5.41) is 3.39. The van der Waals surface area contributed by atoms with Crippen LogP contribution in [-0.2, 0) is 13.1 Å². The van der Waals surface area contributed by atoms with Gasteiger partial charge in [0.2, 0.25) is 0 Å². The minimum Gasteiger partial charge on any atom is -0.381 e. The van der Waals surface area contributed by atoms with Crippen LogP contribution < -0.4 is 5.32 Å². The molecule has 0 saturated carbocycles. The van der Waals surface area contributed by atoms with E-state index >= 15 is 0 Å². The van der Waals surface area contributed by atoms with Gasteiger partial charge in [0, 0.05) is 18.8 Å². The van der Waals surface area contributed by atoms with Crippen molar-refractivity contribution in [1.82, 2.24) is 4.90 Å². The molecule has 0 spiro atoms. The van der Waals surface area contributed by atoms with Gasteiger partial charge in [-0.2, -0.15) is 0 Å². The Labute approximate surface area is 126 Å². The molecule has 0 unspecified atom stereocenters. The monoisotopic (exact) mass is 286 g/mol. The predicted molar refractivity (Wildman–Crippen MR) is 86.8 cm³/mol. The van der Waals surface area contributed by atoms with Gasteiger partial charge >= 0.3 is 0 Å². The van der Waals surface area contributed by atoms with Crippen molar-refractivity contribution in [1.29, 1.82) is 0 Å². The quantitative estimate of drug-likeness (QED) is 0.817. The summed E-state index contributed by atoms with van der Waals surface area (Å²) in [5.41, 5.74) is 3.48. The van der Waals surface area contributed by atoms with Crippen LogP contribution in [0.5, 0.6) is 0 Å². The van der Waals surface area contributed by atoms with Gasteiger partial charge in [-0.05, 0) is 48.5 Å². The highest BCUT2D eigenvalue weighted by Gasteiger charge is 2.02. The minimum absolute atomic E-state index is 0.194. The molecule has 2 rings (SSSR count). The standard InChI is InChI=1S/C18H23FN2/c1-3-21(4-2)14-16-6-5-7-18(12-16)20-13-15-8-10-17(19)11-9-15/h5-12,20H,3-4,13-14H2,1-2H3. The van der Waals surface area contributed by atoms with E-state index in [4.69, 9.17) is 0 Å². The molecule has 0 aromatic heterocycles. The van der Waals surface area contributed by atoms with Crippen LogP contribution in [0.1, 0.15) is 25.0 Å². The maximum Gasteiger partial charge on any atom is 0.123 e. The summed E-state index contributed by atoms with van der Waals surface area (Å²) >= 11 is 0. The normalized spacial score (nSPS) is 10.9. The average molecular weight is 286 g/mol. The molecule has 2 nitrogen and oxygen atoms in total. The number of hydrogen-bond acceptors (Lipinski definition) is 2. The number of benzene rings is 2. The van der Waals surface area contributed by atoms with Gasteiger partial charge in [0.25, 0.3) is 0 Å². The van der Waals surface area contributed by atoms with Gasteiger partial charge in [0.15, 0.2) is 0 Å². The Morgan fingerprint density at radius 1 is 0.952 bits per heavy atom. The van der Waals surface area contributed by atoms with Gasteiger partial charge in [-0.1, -0.05) is 38.1 Å². The first kappa shape index (κ1) is 15.5. The Morgan fingerprint density at radius 2 is 1.67 bits per heavy atom. The minimum atomic E-state index is -0.194. The van der Waals surface area contributed by atoms with Gasteiger partial charge in [-0.15, -0.1) is 0 Å². The molecule has 0 atom stereocenters. The average Bonchev–Trinajstić information content (AvgIpc) is 2.52. The molecule has 0 saturated heterocycles. The number of nitrogens with one attached hydrogen (secondary N) is 1. The second-order valence-electron chi connectivity index (χ2n) is 5.14. The molecule has 1 N–H and O–H groups in total. The van der Waals surface area contributed by atoms with E-state index in [1.165, 1.54) is 17.7 Å². The molecule has 0 aliphatic heterocycles. The molecule has 0 fully saturated rings. The van der Waals surface area contributed by atoms with Crippen LogP contribution in [-0.4, -0.2) is 18.0 Å². The second kappa shape index (κ2) is 7.79. The molecule has 2 aromatic carbocycles. The van der Waals surface area contributed by atoms with E-state index in [0.717, 1.165) is 30.9 Å². The summed E-state index contributed by atoms with van der Waals surface area (Å²) in [7, 11) is 0. The van der Waals surface area contributed by atoms with E-state index in [9.17, 15) is 4.39 Å². The largest absolute Gasteiger partial charge is 0.381 e. The maximum absolute atomic E-state index is 12.9. The van der Waals surface area contributed by atoms with Crippen LogP contribution >= 0.6 is 0 Å². The maximum atomic E-state index is 12.9. The molecule has 2 aromatic rings. The van der Waals surface area contributed by atoms with Gasteiger partial charge in [0.05, 0.1) is 0 Å². The lowest BCUT2D eigenvalue weighted by molar-refractivity contribution is 0.296. The van der Waals surface area contributed by atoms with Crippen LogP contribution in [0, 0.1) is 5.82 Å². The van der Waals surface area contributed by atoms with E-state index < -0.39 is 0 Å². The Balaban J connectivity index is 1.95. The van der Waals surface area contributed by atoms with Crippen molar-refractivity contribution in [2.45, 2.75) is 26.9 Å². The topological polar surface area (TPSA) is 15.3 Å². The van der Waals surface area contributed by atoms with Crippen molar-refractivity contribution >= 4 is 5.69 Å². The van der Waals surface area contributed by atoms with E-state index in [-0.39, 0.29) is 5.82 Å². The fourth-order valence-electron chi connectivity index (χ4n) is 2.29. The molecule has 0 radical (unpaired) electrons. The first-order chi connectivity index (χ1) is 10.2. The summed E-state index contributed by atoms with van der Waals surface area (Å²) in [6, 6.07) is 15.1. The van der Waals surface area contributed by atoms with Gasteiger partial charge in [-0.3, -0.25) is 4.90 Å².